The SMILES string of the molecule is [B]Cc1cc(C(=C)NC)nc2c(C(=O)Nc3ccccc3Cl)ccn12. The van der Waals surface area contributed by atoms with Gasteiger partial charge in [-0.3, -0.25) is 4.79 Å². The van der Waals surface area contributed by atoms with Gasteiger partial charge in [0.1, 0.15) is 0 Å². The van der Waals surface area contributed by atoms with E-state index in [-0.39, 0.29) is 5.91 Å². The summed E-state index contributed by atoms with van der Waals surface area (Å²) in [6.07, 6.45) is 2.08. The molecule has 2 aromatic heterocycles. The van der Waals surface area contributed by atoms with Crippen molar-refractivity contribution < 1.29 is 4.79 Å². The van der Waals surface area contributed by atoms with Crippen LogP contribution in [-0.4, -0.2) is 30.2 Å². The number of para-hydroxylation sites is 1. The Morgan fingerprint density at radius 3 is 2.80 bits per heavy atom. The number of hydrogen-bond acceptors (Lipinski definition) is 3. The van der Waals surface area contributed by atoms with Crippen molar-refractivity contribution in [3.05, 3.63) is 71.1 Å². The van der Waals surface area contributed by atoms with E-state index in [2.05, 4.69) is 22.2 Å². The average molecular weight is 351 g/mol. The fraction of sp³-hybridized carbons (Fsp3) is 0.111. The fourth-order valence-corrected chi connectivity index (χ4v) is 2.70. The van der Waals surface area contributed by atoms with E-state index in [4.69, 9.17) is 19.4 Å². The van der Waals surface area contributed by atoms with Crippen LogP contribution in [0, 0.1) is 0 Å². The number of benzene rings is 1. The van der Waals surface area contributed by atoms with E-state index in [1.807, 2.05) is 6.07 Å². The number of carbonyl (C=O) groups excluding carboxylic acids is 1. The first-order chi connectivity index (χ1) is 12.0. The van der Waals surface area contributed by atoms with Crippen LogP contribution in [0.1, 0.15) is 21.7 Å². The number of rotatable bonds is 5. The minimum absolute atomic E-state index is 0.293. The molecule has 0 bridgehead atoms. The molecule has 1 aromatic carbocycles. The number of hydrogen-bond donors (Lipinski definition) is 2. The molecule has 0 aliphatic carbocycles. The van der Waals surface area contributed by atoms with Crippen LogP contribution < -0.4 is 10.6 Å². The summed E-state index contributed by atoms with van der Waals surface area (Å²) in [4.78, 5) is 17.3. The molecule has 25 heavy (non-hydrogen) atoms. The van der Waals surface area contributed by atoms with Crippen molar-refractivity contribution in [3.8, 4) is 0 Å². The number of anilines is 1. The van der Waals surface area contributed by atoms with Crippen molar-refractivity contribution in [3.63, 3.8) is 0 Å². The van der Waals surface area contributed by atoms with Gasteiger partial charge in [-0.05, 0) is 30.6 Å². The van der Waals surface area contributed by atoms with Gasteiger partial charge in [-0.25, -0.2) is 4.98 Å². The zero-order chi connectivity index (χ0) is 18.0. The smallest absolute Gasteiger partial charge is 0.259 e. The van der Waals surface area contributed by atoms with Gasteiger partial charge < -0.3 is 15.0 Å². The van der Waals surface area contributed by atoms with Crippen molar-refractivity contribution in [2.75, 3.05) is 12.4 Å². The van der Waals surface area contributed by atoms with Crippen LogP contribution in [0.4, 0.5) is 5.69 Å². The molecule has 2 heterocycles. The summed E-state index contributed by atoms with van der Waals surface area (Å²) in [7, 11) is 7.60. The van der Waals surface area contributed by atoms with Crippen LogP contribution >= 0.6 is 11.6 Å². The number of halogens is 1. The van der Waals surface area contributed by atoms with E-state index in [9.17, 15) is 4.79 Å². The van der Waals surface area contributed by atoms with Gasteiger partial charge in [-0.15, -0.1) is 0 Å². The van der Waals surface area contributed by atoms with Gasteiger partial charge in [0, 0.05) is 18.9 Å². The molecule has 0 saturated heterocycles. The predicted molar refractivity (Wildman–Crippen MR) is 102 cm³/mol. The number of carbonyl (C=O) groups is 1. The molecule has 0 unspecified atom stereocenters. The molecular weight excluding hydrogens is 334 g/mol. The molecular formula is C18H16BClN4O. The van der Waals surface area contributed by atoms with Gasteiger partial charge >= 0.3 is 0 Å². The Balaban J connectivity index is 2.05. The maximum Gasteiger partial charge on any atom is 0.259 e. The standard InChI is InChI=1S/C18H16BClN4O/c1-11(21-2)16-9-12(10-19)24-8-7-13(17(24)22-16)18(25)23-15-6-4-3-5-14(15)20/h3-9,21H,1,10H2,2H3,(H,23,25). The van der Waals surface area contributed by atoms with Crippen molar-refractivity contribution >= 4 is 42.4 Å². The van der Waals surface area contributed by atoms with Crippen LogP contribution in [0.15, 0.2) is 49.2 Å². The molecule has 3 rings (SSSR count). The lowest BCUT2D eigenvalue weighted by Crippen LogP contribution is -2.14. The number of fused-ring (bicyclic) bond motifs is 1. The number of aromatic nitrogens is 2. The van der Waals surface area contributed by atoms with Gasteiger partial charge in [0.2, 0.25) is 0 Å². The Bertz CT molecular complexity index is 967. The molecule has 2 N–H and O–H groups in total. The molecule has 0 saturated carbocycles. The topological polar surface area (TPSA) is 58.4 Å². The van der Waals surface area contributed by atoms with Crippen LogP contribution in [0.25, 0.3) is 11.3 Å². The van der Waals surface area contributed by atoms with Gasteiger partial charge in [0.15, 0.2) is 5.65 Å². The van der Waals surface area contributed by atoms with Gasteiger partial charge in [0.05, 0.1) is 35.5 Å². The molecule has 7 heteroatoms. The number of nitrogens with zero attached hydrogens (tertiary/aromatic N) is 2. The molecule has 1 amide bonds. The summed E-state index contributed by atoms with van der Waals surface area (Å²) in [5.41, 5.74) is 3.60. The lowest BCUT2D eigenvalue weighted by molar-refractivity contribution is 0.102. The van der Waals surface area contributed by atoms with Crippen molar-refractivity contribution in [1.29, 1.82) is 0 Å². The van der Waals surface area contributed by atoms with Crippen molar-refractivity contribution in [2.45, 2.75) is 6.32 Å². The summed E-state index contributed by atoms with van der Waals surface area (Å²) < 4.78 is 1.80. The second-order valence-corrected chi connectivity index (χ2v) is 5.83. The van der Waals surface area contributed by atoms with E-state index < -0.39 is 0 Å². The van der Waals surface area contributed by atoms with E-state index in [1.54, 1.807) is 48.0 Å². The minimum atomic E-state index is -0.293. The minimum Gasteiger partial charge on any atom is -0.387 e. The Kier molecular flexibility index (Phi) is 4.81. The monoisotopic (exact) mass is 350 g/mol. The second-order valence-electron chi connectivity index (χ2n) is 5.42. The maximum atomic E-state index is 12.7. The molecule has 0 spiro atoms. The molecule has 5 nitrogen and oxygen atoms in total. The van der Waals surface area contributed by atoms with Gasteiger partial charge in [-0.1, -0.05) is 30.3 Å². The van der Waals surface area contributed by atoms with Gasteiger partial charge in [0.25, 0.3) is 5.91 Å². The highest BCUT2D eigenvalue weighted by atomic mass is 35.5. The molecule has 3 aromatic rings. The zero-order valence-electron chi connectivity index (χ0n) is 13.7. The first-order valence-corrected chi connectivity index (χ1v) is 8.07. The normalized spacial score (nSPS) is 10.6. The molecule has 0 fully saturated rings. The third-order valence-electron chi connectivity index (χ3n) is 3.89. The van der Waals surface area contributed by atoms with Crippen molar-refractivity contribution in [2.24, 2.45) is 0 Å². The predicted octanol–water partition coefficient (Wildman–Crippen LogP) is 3.10. The molecule has 0 atom stereocenters. The lowest BCUT2D eigenvalue weighted by Gasteiger charge is -2.11. The van der Waals surface area contributed by atoms with E-state index >= 15 is 0 Å². The number of nitrogens with one attached hydrogen (secondary N) is 2. The quantitative estimate of drug-likeness (QED) is 0.695. The Morgan fingerprint density at radius 1 is 1.36 bits per heavy atom. The average Bonchev–Trinajstić information content (AvgIpc) is 3.06. The van der Waals surface area contributed by atoms with E-state index in [0.29, 0.717) is 39.6 Å². The lowest BCUT2D eigenvalue weighted by atomic mass is 10.0. The summed E-state index contributed by atoms with van der Waals surface area (Å²) in [6, 6.07) is 10.6. The Hall–Kier alpha value is -2.73. The van der Waals surface area contributed by atoms with E-state index in [1.165, 1.54) is 0 Å². The highest BCUT2D eigenvalue weighted by molar-refractivity contribution is 6.34. The first kappa shape index (κ1) is 17.1. The Morgan fingerprint density at radius 2 is 2.12 bits per heavy atom. The summed E-state index contributed by atoms with van der Waals surface area (Å²) in [6.45, 7) is 3.92. The zero-order valence-corrected chi connectivity index (χ0v) is 14.5. The molecule has 2 radical (unpaired) electrons. The third-order valence-corrected chi connectivity index (χ3v) is 4.21. The largest absolute Gasteiger partial charge is 0.387 e. The summed E-state index contributed by atoms with van der Waals surface area (Å²) in [5, 5.41) is 6.24. The van der Waals surface area contributed by atoms with Crippen LogP contribution in [-0.2, 0) is 6.32 Å². The van der Waals surface area contributed by atoms with Crippen LogP contribution in [0.5, 0.6) is 0 Å². The maximum absolute atomic E-state index is 12.7. The molecule has 0 aliphatic rings. The number of amides is 1. The molecule has 124 valence electrons. The second kappa shape index (κ2) is 7.03. The van der Waals surface area contributed by atoms with Crippen LogP contribution in [0.3, 0.4) is 0 Å². The van der Waals surface area contributed by atoms with Gasteiger partial charge in [-0.2, -0.15) is 0 Å². The van der Waals surface area contributed by atoms with Crippen LogP contribution in [0.2, 0.25) is 5.02 Å². The summed E-state index contributed by atoms with van der Waals surface area (Å²) in [5.74, 6) is -0.293. The van der Waals surface area contributed by atoms with E-state index in [0.717, 1.165) is 5.69 Å². The highest BCUT2D eigenvalue weighted by Gasteiger charge is 2.17. The van der Waals surface area contributed by atoms with Crippen molar-refractivity contribution in [1.82, 2.24) is 14.7 Å². The summed E-state index contributed by atoms with van der Waals surface area (Å²) >= 11 is 6.11. The highest BCUT2D eigenvalue weighted by Crippen LogP contribution is 2.23. The first-order valence-electron chi connectivity index (χ1n) is 7.69. The molecule has 0 aliphatic heterocycles. The Labute approximate surface area is 152 Å². The third kappa shape index (κ3) is 3.26. The fourth-order valence-electron chi connectivity index (χ4n) is 2.51.